The molecule has 1 aliphatic rings. The maximum atomic E-state index is 13.2. The standard InChI is InChI=1S/C13H12FN3O4S/c1-8-15-12(21-16-8)3-2-6-17-13(18)10-7-9(14)4-5-11(10)22(17,19)20/h4-5,7H,2-3,6H2,1H3. The lowest BCUT2D eigenvalue weighted by molar-refractivity contribution is 0.0869. The van der Waals surface area contributed by atoms with E-state index in [1.165, 1.54) is 0 Å². The zero-order valence-electron chi connectivity index (χ0n) is 11.6. The van der Waals surface area contributed by atoms with Gasteiger partial charge in [-0.1, -0.05) is 5.16 Å². The summed E-state index contributed by atoms with van der Waals surface area (Å²) in [6, 6.07) is 3.07. The van der Waals surface area contributed by atoms with Gasteiger partial charge in [-0.05, 0) is 31.5 Å². The number of sulfonamides is 1. The summed E-state index contributed by atoms with van der Waals surface area (Å²) in [6.07, 6.45) is 0.688. The topological polar surface area (TPSA) is 93.4 Å². The number of hydrogen-bond acceptors (Lipinski definition) is 6. The summed E-state index contributed by atoms with van der Waals surface area (Å²) in [7, 11) is -3.91. The Hall–Kier alpha value is -2.29. The highest BCUT2D eigenvalue weighted by Crippen LogP contribution is 2.30. The van der Waals surface area contributed by atoms with Gasteiger partial charge < -0.3 is 4.52 Å². The van der Waals surface area contributed by atoms with Crippen molar-refractivity contribution in [3.63, 3.8) is 0 Å². The van der Waals surface area contributed by atoms with Gasteiger partial charge in [0, 0.05) is 13.0 Å². The van der Waals surface area contributed by atoms with Crippen molar-refractivity contribution in [2.45, 2.75) is 24.7 Å². The fourth-order valence-electron chi connectivity index (χ4n) is 2.29. The molecule has 2 heterocycles. The molecule has 3 rings (SSSR count). The number of carbonyl (C=O) groups is 1. The summed E-state index contributed by atoms with van der Waals surface area (Å²) in [5.74, 6) is -0.491. The van der Waals surface area contributed by atoms with Crippen molar-refractivity contribution in [2.75, 3.05) is 6.54 Å². The fourth-order valence-corrected chi connectivity index (χ4v) is 3.88. The maximum absolute atomic E-state index is 13.2. The van der Waals surface area contributed by atoms with E-state index in [-0.39, 0.29) is 17.0 Å². The smallest absolute Gasteiger partial charge is 0.269 e. The Morgan fingerprint density at radius 3 is 2.82 bits per heavy atom. The van der Waals surface area contributed by atoms with Crippen LogP contribution in [0.15, 0.2) is 27.6 Å². The number of halogens is 1. The third-order valence-electron chi connectivity index (χ3n) is 3.29. The van der Waals surface area contributed by atoms with Crippen molar-refractivity contribution in [3.05, 3.63) is 41.3 Å². The molecule has 1 aliphatic heterocycles. The van der Waals surface area contributed by atoms with Gasteiger partial charge in [-0.25, -0.2) is 17.1 Å². The summed E-state index contributed by atoms with van der Waals surface area (Å²) in [6.45, 7) is 1.64. The summed E-state index contributed by atoms with van der Waals surface area (Å²) in [4.78, 5) is 16.0. The third kappa shape index (κ3) is 2.37. The molecule has 0 bridgehead atoms. The minimum absolute atomic E-state index is 0.0289. The van der Waals surface area contributed by atoms with Gasteiger partial charge in [0.1, 0.15) is 10.7 Å². The highest BCUT2D eigenvalue weighted by Gasteiger charge is 2.40. The molecule has 2 aromatic rings. The van der Waals surface area contributed by atoms with Crippen LogP contribution in [0.4, 0.5) is 4.39 Å². The highest BCUT2D eigenvalue weighted by molar-refractivity contribution is 7.90. The minimum atomic E-state index is -3.91. The van der Waals surface area contributed by atoms with Crippen LogP contribution in [0.1, 0.15) is 28.5 Å². The number of aryl methyl sites for hydroxylation is 2. The Morgan fingerprint density at radius 2 is 2.14 bits per heavy atom. The lowest BCUT2D eigenvalue weighted by Gasteiger charge is -2.13. The van der Waals surface area contributed by atoms with Crippen molar-refractivity contribution in [1.29, 1.82) is 0 Å². The molecule has 1 aromatic heterocycles. The van der Waals surface area contributed by atoms with Crippen molar-refractivity contribution in [3.8, 4) is 0 Å². The fraction of sp³-hybridized carbons (Fsp3) is 0.308. The lowest BCUT2D eigenvalue weighted by Crippen LogP contribution is -2.31. The molecule has 0 spiro atoms. The predicted molar refractivity (Wildman–Crippen MR) is 72.0 cm³/mol. The van der Waals surface area contributed by atoms with Crippen LogP contribution in [0.25, 0.3) is 0 Å². The Kier molecular flexibility index (Phi) is 3.44. The van der Waals surface area contributed by atoms with Crippen LogP contribution in [0, 0.1) is 12.7 Å². The molecule has 0 fully saturated rings. The van der Waals surface area contributed by atoms with E-state index in [2.05, 4.69) is 10.1 Å². The molecule has 0 saturated heterocycles. The second-order valence-electron chi connectivity index (χ2n) is 4.86. The molecule has 0 atom stereocenters. The Bertz CT molecular complexity index is 847. The van der Waals surface area contributed by atoms with E-state index in [1.54, 1.807) is 6.92 Å². The number of rotatable bonds is 4. The van der Waals surface area contributed by atoms with E-state index in [0.29, 0.717) is 24.6 Å². The van der Waals surface area contributed by atoms with Gasteiger partial charge in [-0.15, -0.1) is 0 Å². The molecule has 0 aliphatic carbocycles. The zero-order chi connectivity index (χ0) is 15.9. The van der Waals surface area contributed by atoms with Crippen LogP contribution in [-0.2, 0) is 16.4 Å². The number of hydrogen-bond donors (Lipinski definition) is 0. The molecule has 0 saturated carbocycles. The van der Waals surface area contributed by atoms with Crippen LogP contribution < -0.4 is 0 Å². The van der Waals surface area contributed by atoms with Crippen molar-refractivity contribution >= 4 is 15.9 Å². The van der Waals surface area contributed by atoms with E-state index >= 15 is 0 Å². The summed E-state index contributed by atoms with van der Waals surface area (Å²) < 4.78 is 43.4. The van der Waals surface area contributed by atoms with Crippen molar-refractivity contribution in [2.24, 2.45) is 0 Å². The third-order valence-corrected chi connectivity index (χ3v) is 5.13. The van der Waals surface area contributed by atoms with Crippen LogP contribution >= 0.6 is 0 Å². The summed E-state index contributed by atoms with van der Waals surface area (Å²) in [5, 5.41) is 3.63. The second-order valence-corrected chi connectivity index (χ2v) is 6.69. The van der Waals surface area contributed by atoms with Gasteiger partial charge in [0.25, 0.3) is 15.9 Å². The number of fused-ring (bicyclic) bond motifs is 1. The van der Waals surface area contributed by atoms with Crippen LogP contribution in [-0.4, -0.2) is 35.3 Å². The molecule has 0 radical (unpaired) electrons. The normalized spacial score (nSPS) is 16.1. The van der Waals surface area contributed by atoms with Crippen LogP contribution in [0.3, 0.4) is 0 Å². The number of carbonyl (C=O) groups excluding carboxylic acids is 1. The Labute approximate surface area is 125 Å². The lowest BCUT2D eigenvalue weighted by atomic mass is 10.2. The zero-order valence-corrected chi connectivity index (χ0v) is 12.4. The number of amides is 1. The van der Waals surface area contributed by atoms with Gasteiger partial charge >= 0.3 is 0 Å². The minimum Gasteiger partial charge on any atom is -0.339 e. The SMILES string of the molecule is Cc1noc(CCCN2C(=O)c3cc(F)ccc3S2(=O)=O)n1. The van der Waals surface area contributed by atoms with E-state index < -0.39 is 21.7 Å². The van der Waals surface area contributed by atoms with E-state index in [4.69, 9.17) is 4.52 Å². The van der Waals surface area contributed by atoms with E-state index in [9.17, 15) is 17.6 Å². The first-order valence-electron chi connectivity index (χ1n) is 6.55. The first-order chi connectivity index (χ1) is 10.4. The van der Waals surface area contributed by atoms with E-state index in [1.807, 2.05) is 0 Å². The quantitative estimate of drug-likeness (QED) is 0.841. The number of benzene rings is 1. The average molecular weight is 325 g/mol. The molecule has 1 amide bonds. The van der Waals surface area contributed by atoms with Crippen molar-refractivity contribution < 1.29 is 22.1 Å². The second kappa shape index (κ2) is 5.16. The van der Waals surface area contributed by atoms with Gasteiger partial charge in [-0.2, -0.15) is 4.98 Å². The van der Waals surface area contributed by atoms with Crippen molar-refractivity contribution in [1.82, 2.24) is 14.4 Å². The molecule has 1 aromatic carbocycles. The largest absolute Gasteiger partial charge is 0.339 e. The van der Waals surface area contributed by atoms with E-state index in [0.717, 1.165) is 22.5 Å². The van der Waals surface area contributed by atoms with Crippen LogP contribution in [0.5, 0.6) is 0 Å². The van der Waals surface area contributed by atoms with Gasteiger partial charge in [0.05, 0.1) is 5.56 Å². The Balaban J connectivity index is 1.76. The number of nitrogens with zero attached hydrogens (tertiary/aromatic N) is 3. The molecule has 7 nitrogen and oxygen atoms in total. The first kappa shape index (κ1) is 14.6. The maximum Gasteiger partial charge on any atom is 0.269 e. The van der Waals surface area contributed by atoms with Crippen LogP contribution in [0.2, 0.25) is 0 Å². The monoisotopic (exact) mass is 325 g/mol. The average Bonchev–Trinajstić information content (AvgIpc) is 2.94. The molecular formula is C13H12FN3O4S. The highest BCUT2D eigenvalue weighted by atomic mass is 32.2. The van der Waals surface area contributed by atoms with Gasteiger partial charge in [0.2, 0.25) is 5.89 Å². The van der Waals surface area contributed by atoms with Gasteiger partial charge in [-0.3, -0.25) is 4.79 Å². The Morgan fingerprint density at radius 1 is 1.36 bits per heavy atom. The summed E-state index contributed by atoms with van der Waals surface area (Å²) >= 11 is 0. The molecule has 9 heteroatoms. The number of aromatic nitrogens is 2. The van der Waals surface area contributed by atoms with Gasteiger partial charge in [0.15, 0.2) is 5.82 Å². The predicted octanol–water partition coefficient (Wildman–Crippen LogP) is 1.29. The summed E-state index contributed by atoms with van der Waals surface area (Å²) in [5.41, 5.74) is -0.131. The molecule has 0 N–H and O–H groups in total. The molecule has 22 heavy (non-hydrogen) atoms. The molecule has 0 unspecified atom stereocenters. The molecule has 116 valence electrons. The molecular weight excluding hydrogens is 313 g/mol. The first-order valence-corrected chi connectivity index (χ1v) is 7.99.